The summed E-state index contributed by atoms with van der Waals surface area (Å²) in [7, 11) is 0. The Morgan fingerprint density at radius 1 is 1.26 bits per heavy atom. The van der Waals surface area contributed by atoms with Crippen molar-refractivity contribution in [3.05, 3.63) is 0 Å². The zero-order chi connectivity index (χ0) is 13.3. The van der Waals surface area contributed by atoms with E-state index in [1.165, 1.54) is 32.1 Å². The van der Waals surface area contributed by atoms with Gasteiger partial charge in [0.25, 0.3) is 0 Å². The van der Waals surface area contributed by atoms with Crippen molar-refractivity contribution in [3.63, 3.8) is 0 Å². The van der Waals surface area contributed by atoms with Crippen LogP contribution in [0.15, 0.2) is 0 Å². The number of nitrogens with one attached hydrogen (secondary N) is 1. The van der Waals surface area contributed by atoms with E-state index in [0.29, 0.717) is 17.2 Å². The summed E-state index contributed by atoms with van der Waals surface area (Å²) in [6, 6.07) is 0. The maximum absolute atomic E-state index is 12.6. The zero-order valence-electron chi connectivity index (χ0n) is 12.3. The number of amides is 1. The summed E-state index contributed by atoms with van der Waals surface area (Å²) in [4.78, 5) is 14.8. The van der Waals surface area contributed by atoms with Crippen LogP contribution in [0.1, 0.15) is 51.9 Å². The van der Waals surface area contributed by atoms with Crippen LogP contribution in [0, 0.1) is 17.3 Å². The van der Waals surface area contributed by atoms with Crippen LogP contribution in [-0.2, 0) is 4.79 Å². The van der Waals surface area contributed by atoms with Crippen molar-refractivity contribution in [1.29, 1.82) is 0 Å². The molecule has 2 heterocycles. The molecule has 3 rings (SSSR count). The Balaban J connectivity index is 1.54. The number of rotatable bonds is 2. The third-order valence-corrected chi connectivity index (χ3v) is 5.86. The standard InChI is InChI=1S/C16H28N2O/c1-2-13-3-5-14(6-4-13)15(19)18-10-8-16(12-18)7-9-17-11-16/h13-14,17H,2-12H2,1H3. The van der Waals surface area contributed by atoms with Gasteiger partial charge in [-0.2, -0.15) is 0 Å². The lowest BCUT2D eigenvalue weighted by atomic mass is 9.80. The number of hydrogen-bond donors (Lipinski definition) is 1. The Labute approximate surface area is 117 Å². The van der Waals surface area contributed by atoms with Gasteiger partial charge in [-0.25, -0.2) is 0 Å². The molecule has 1 N–H and O–H groups in total. The molecule has 3 heteroatoms. The fraction of sp³-hybridized carbons (Fsp3) is 0.938. The second kappa shape index (κ2) is 5.43. The van der Waals surface area contributed by atoms with Crippen LogP contribution in [-0.4, -0.2) is 37.0 Å². The lowest BCUT2D eigenvalue weighted by molar-refractivity contribution is -0.136. The molecule has 1 spiro atoms. The molecule has 0 aromatic rings. The molecule has 3 aliphatic rings. The molecule has 1 saturated carbocycles. The number of likely N-dealkylation sites (tertiary alicyclic amines) is 1. The van der Waals surface area contributed by atoms with Crippen molar-refractivity contribution >= 4 is 5.91 Å². The number of hydrogen-bond acceptors (Lipinski definition) is 2. The summed E-state index contributed by atoms with van der Waals surface area (Å²) in [5.41, 5.74) is 0.427. The monoisotopic (exact) mass is 264 g/mol. The Bertz CT molecular complexity index is 328. The van der Waals surface area contributed by atoms with Gasteiger partial charge in [0.2, 0.25) is 5.91 Å². The van der Waals surface area contributed by atoms with Gasteiger partial charge < -0.3 is 10.2 Å². The number of carbonyl (C=O) groups is 1. The SMILES string of the molecule is CCC1CCC(C(=O)N2CCC3(CCNC3)C2)CC1. The average molecular weight is 264 g/mol. The minimum Gasteiger partial charge on any atom is -0.342 e. The first-order valence-electron chi connectivity index (χ1n) is 8.22. The van der Waals surface area contributed by atoms with Crippen LogP contribution >= 0.6 is 0 Å². The van der Waals surface area contributed by atoms with Crippen LogP contribution in [0.3, 0.4) is 0 Å². The Hall–Kier alpha value is -0.570. The first-order chi connectivity index (χ1) is 9.22. The van der Waals surface area contributed by atoms with E-state index in [4.69, 9.17) is 0 Å². The van der Waals surface area contributed by atoms with Crippen molar-refractivity contribution in [3.8, 4) is 0 Å². The van der Waals surface area contributed by atoms with E-state index in [1.54, 1.807) is 0 Å². The number of nitrogens with zero attached hydrogens (tertiary/aromatic N) is 1. The van der Waals surface area contributed by atoms with Crippen molar-refractivity contribution < 1.29 is 4.79 Å². The topological polar surface area (TPSA) is 32.3 Å². The highest BCUT2D eigenvalue weighted by atomic mass is 16.2. The number of carbonyl (C=O) groups excluding carboxylic acids is 1. The summed E-state index contributed by atoms with van der Waals surface area (Å²) in [6.07, 6.45) is 8.59. The summed E-state index contributed by atoms with van der Waals surface area (Å²) in [5, 5.41) is 3.47. The van der Waals surface area contributed by atoms with Crippen molar-refractivity contribution in [2.75, 3.05) is 26.2 Å². The van der Waals surface area contributed by atoms with E-state index in [2.05, 4.69) is 17.1 Å². The quantitative estimate of drug-likeness (QED) is 0.830. The molecule has 108 valence electrons. The molecule has 0 aromatic heterocycles. The largest absolute Gasteiger partial charge is 0.342 e. The van der Waals surface area contributed by atoms with Crippen molar-refractivity contribution in [2.24, 2.45) is 17.3 Å². The van der Waals surface area contributed by atoms with Gasteiger partial charge in [-0.1, -0.05) is 13.3 Å². The van der Waals surface area contributed by atoms with E-state index in [0.717, 1.165) is 44.9 Å². The third-order valence-electron chi connectivity index (χ3n) is 5.86. The molecule has 0 radical (unpaired) electrons. The minimum absolute atomic E-state index is 0.340. The van der Waals surface area contributed by atoms with Gasteiger partial charge in [-0.15, -0.1) is 0 Å². The van der Waals surface area contributed by atoms with Crippen LogP contribution in [0.4, 0.5) is 0 Å². The molecule has 2 saturated heterocycles. The molecule has 0 bridgehead atoms. The van der Waals surface area contributed by atoms with Crippen LogP contribution in [0.2, 0.25) is 0 Å². The fourth-order valence-corrected chi connectivity index (χ4v) is 4.34. The molecule has 0 aromatic carbocycles. The predicted octanol–water partition coefficient (Wildman–Crippen LogP) is 2.41. The third kappa shape index (κ3) is 2.67. The highest BCUT2D eigenvalue weighted by molar-refractivity contribution is 5.79. The molecule has 1 aliphatic carbocycles. The molecule has 1 atom stereocenters. The van der Waals surface area contributed by atoms with Crippen LogP contribution < -0.4 is 5.32 Å². The highest BCUT2D eigenvalue weighted by Crippen LogP contribution is 2.38. The Kier molecular flexibility index (Phi) is 3.84. The molecule has 1 amide bonds. The van der Waals surface area contributed by atoms with Crippen LogP contribution in [0.25, 0.3) is 0 Å². The smallest absolute Gasteiger partial charge is 0.225 e. The van der Waals surface area contributed by atoms with Gasteiger partial charge in [-0.05, 0) is 51.0 Å². The van der Waals surface area contributed by atoms with Crippen LogP contribution in [0.5, 0.6) is 0 Å². The second-order valence-electron chi connectivity index (χ2n) is 7.06. The normalized spacial score (nSPS) is 39.1. The van der Waals surface area contributed by atoms with E-state index in [9.17, 15) is 4.79 Å². The van der Waals surface area contributed by atoms with E-state index in [1.807, 2.05) is 0 Å². The van der Waals surface area contributed by atoms with Gasteiger partial charge in [-0.3, -0.25) is 4.79 Å². The highest BCUT2D eigenvalue weighted by Gasteiger charge is 2.43. The fourth-order valence-electron chi connectivity index (χ4n) is 4.34. The first-order valence-corrected chi connectivity index (χ1v) is 8.22. The Morgan fingerprint density at radius 2 is 2.05 bits per heavy atom. The lowest BCUT2D eigenvalue weighted by Crippen LogP contribution is -2.38. The summed E-state index contributed by atoms with van der Waals surface area (Å²) >= 11 is 0. The molecular weight excluding hydrogens is 236 g/mol. The molecular formula is C16H28N2O. The first kappa shape index (κ1) is 13.4. The molecule has 3 nitrogen and oxygen atoms in total. The maximum Gasteiger partial charge on any atom is 0.225 e. The van der Waals surface area contributed by atoms with Gasteiger partial charge in [0, 0.05) is 31.0 Å². The minimum atomic E-state index is 0.340. The van der Waals surface area contributed by atoms with Gasteiger partial charge >= 0.3 is 0 Å². The Morgan fingerprint density at radius 3 is 2.68 bits per heavy atom. The van der Waals surface area contributed by atoms with E-state index >= 15 is 0 Å². The van der Waals surface area contributed by atoms with Gasteiger partial charge in [0.15, 0.2) is 0 Å². The molecule has 19 heavy (non-hydrogen) atoms. The predicted molar refractivity (Wildman–Crippen MR) is 76.9 cm³/mol. The summed E-state index contributed by atoms with van der Waals surface area (Å²) < 4.78 is 0. The molecule has 2 aliphatic heterocycles. The van der Waals surface area contributed by atoms with Crippen molar-refractivity contribution in [1.82, 2.24) is 10.2 Å². The van der Waals surface area contributed by atoms with Crippen molar-refractivity contribution in [2.45, 2.75) is 51.9 Å². The van der Waals surface area contributed by atoms with Gasteiger partial charge in [0.05, 0.1) is 0 Å². The zero-order valence-corrected chi connectivity index (χ0v) is 12.3. The van der Waals surface area contributed by atoms with E-state index < -0.39 is 0 Å². The second-order valence-corrected chi connectivity index (χ2v) is 7.06. The summed E-state index contributed by atoms with van der Waals surface area (Å²) in [5.74, 6) is 1.69. The molecule has 3 fully saturated rings. The van der Waals surface area contributed by atoms with E-state index in [-0.39, 0.29) is 0 Å². The average Bonchev–Trinajstić information content (AvgIpc) is 3.09. The van der Waals surface area contributed by atoms with Gasteiger partial charge in [0.1, 0.15) is 0 Å². The molecule has 1 unspecified atom stereocenters. The lowest BCUT2D eigenvalue weighted by Gasteiger charge is -2.31. The summed E-state index contributed by atoms with van der Waals surface area (Å²) in [6.45, 7) is 6.58. The maximum atomic E-state index is 12.6.